The molecule has 9 heteroatoms. The summed E-state index contributed by atoms with van der Waals surface area (Å²) in [7, 11) is 1.30. The highest BCUT2D eigenvalue weighted by Gasteiger charge is 2.20. The van der Waals surface area contributed by atoms with Gasteiger partial charge < -0.3 is 15.0 Å². The number of anilines is 2. The molecule has 1 N–H and O–H groups in total. The van der Waals surface area contributed by atoms with E-state index in [0.29, 0.717) is 28.1 Å². The number of benzene rings is 1. The first kappa shape index (κ1) is 19.5. The minimum absolute atomic E-state index is 0.109. The maximum absolute atomic E-state index is 12.0. The van der Waals surface area contributed by atoms with Crippen molar-refractivity contribution >= 4 is 40.7 Å². The van der Waals surface area contributed by atoms with Crippen LogP contribution < -0.4 is 5.32 Å². The van der Waals surface area contributed by atoms with E-state index in [2.05, 4.69) is 34.3 Å². The topological polar surface area (TPSA) is 72.3 Å². The molecule has 0 saturated carbocycles. The van der Waals surface area contributed by atoms with Crippen LogP contribution in [-0.4, -0.2) is 52.6 Å². The van der Waals surface area contributed by atoms with E-state index < -0.39 is 5.97 Å². The van der Waals surface area contributed by atoms with Gasteiger partial charge in [0.05, 0.1) is 13.7 Å². The number of likely N-dealkylation sites (N-methyl/N-ethyl adjacent to an activating group) is 1. The molecule has 0 aliphatic rings. The molecule has 0 amide bonds. The summed E-state index contributed by atoms with van der Waals surface area (Å²) in [5.74, 6) is -0.269. The SMILES string of the molecule is CCN(CC)CCn1nc(Nc2cc(Cl)cc(Cl)c2)c(C(=O)OC)n1. The summed E-state index contributed by atoms with van der Waals surface area (Å²) in [5.41, 5.74) is 0.719. The third kappa shape index (κ3) is 5.32. The molecule has 0 aliphatic heterocycles. The van der Waals surface area contributed by atoms with Crippen LogP contribution in [0, 0.1) is 0 Å². The number of hydrogen-bond donors (Lipinski definition) is 1. The van der Waals surface area contributed by atoms with Gasteiger partial charge in [0.25, 0.3) is 0 Å². The van der Waals surface area contributed by atoms with Gasteiger partial charge in [0.1, 0.15) is 0 Å². The maximum Gasteiger partial charge on any atom is 0.362 e. The summed E-state index contributed by atoms with van der Waals surface area (Å²) in [4.78, 5) is 15.7. The highest BCUT2D eigenvalue weighted by atomic mass is 35.5. The number of aromatic nitrogens is 3. The van der Waals surface area contributed by atoms with Gasteiger partial charge in [0, 0.05) is 22.3 Å². The number of halogens is 2. The van der Waals surface area contributed by atoms with Crippen molar-refractivity contribution in [2.45, 2.75) is 20.4 Å². The number of nitrogens with one attached hydrogen (secondary N) is 1. The Labute approximate surface area is 156 Å². The highest BCUT2D eigenvalue weighted by molar-refractivity contribution is 6.35. The predicted molar refractivity (Wildman–Crippen MR) is 98.9 cm³/mol. The van der Waals surface area contributed by atoms with Gasteiger partial charge in [0.15, 0.2) is 5.82 Å². The van der Waals surface area contributed by atoms with E-state index in [0.717, 1.165) is 19.6 Å². The van der Waals surface area contributed by atoms with Crippen molar-refractivity contribution in [2.24, 2.45) is 0 Å². The quantitative estimate of drug-likeness (QED) is 0.701. The molecule has 2 aromatic rings. The summed E-state index contributed by atoms with van der Waals surface area (Å²) >= 11 is 12.0. The van der Waals surface area contributed by atoms with Gasteiger partial charge in [-0.25, -0.2) is 4.79 Å². The number of hydrogen-bond acceptors (Lipinski definition) is 6. The lowest BCUT2D eigenvalue weighted by Gasteiger charge is -2.16. The maximum atomic E-state index is 12.0. The van der Waals surface area contributed by atoms with Gasteiger partial charge in [-0.3, -0.25) is 0 Å². The molecule has 0 atom stereocenters. The largest absolute Gasteiger partial charge is 0.464 e. The van der Waals surface area contributed by atoms with Gasteiger partial charge >= 0.3 is 5.97 Å². The molecule has 2 rings (SSSR count). The average molecular weight is 386 g/mol. The van der Waals surface area contributed by atoms with Gasteiger partial charge in [-0.1, -0.05) is 37.0 Å². The number of methoxy groups -OCH3 is 1. The Bertz CT molecular complexity index is 711. The summed E-state index contributed by atoms with van der Waals surface area (Å²) in [6, 6.07) is 4.99. The molecule has 0 aliphatic carbocycles. The molecule has 0 fully saturated rings. The lowest BCUT2D eigenvalue weighted by molar-refractivity contribution is 0.0594. The van der Waals surface area contributed by atoms with Crippen molar-refractivity contribution < 1.29 is 9.53 Å². The minimum Gasteiger partial charge on any atom is -0.464 e. The Hall–Kier alpha value is -1.83. The van der Waals surface area contributed by atoms with Crippen LogP contribution in [0.15, 0.2) is 18.2 Å². The third-order valence-corrected chi connectivity index (χ3v) is 4.11. The number of carbonyl (C=O) groups excluding carboxylic acids is 1. The molecule has 0 spiro atoms. The summed E-state index contributed by atoms with van der Waals surface area (Å²) in [5, 5.41) is 12.6. The number of ether oxygens (including phenoxy) is 1. The normalized spacial score (nSPS) is 11.0. The third-order valence-electron chi connectivity index (χ3n) is 3.67. The van der Waals surface area contributed by atoms with Crippen LogP contribution in [0.4, 0.5) is 11.5 Å². The van der Waals surface area contributed by atoms with Crippen LogP contribution in [-0.2, 0) is 11.3 Å². The fourth-order valence-electron chi connectivity index (χ4n) is 2.30. The highest BCUT2D eigenvalue weighted by Crippen LogP contribution is 2.25. The molecule has 0 unspecified atom stereocenters. The van der Waals surface area contributed by atoms with Gasteiger partial charge in [-0.2, -0.15) is 4.80 Å². The van der Waals surface area contributed by atoms with E-state index in [1.807, 2.05) is 0 Å². The van der Waals surface area contributed by atoms with E-state index in [1.165, 1.54) is 11.9 Å². The molecule has 1 heterocycles. The zero-order chi connectivity index (χ0) is 18.4. The molecule has 1 aromatic carbocycles. The second kappa shape index (κ2) is 9.03. The van der Waals surface area contributed by atoms with Crippen molar-refractivity contribution in [1.82, 2.24) is 19.9 Å². The van der Waals surface area contributed by atoms with E-state index in [1.54, 1.807) is 18.2 Å². The van der Waals surface area contributed by atoms with E-state index in [-0.39, 0.29) is 5.69 Å². The van der Waals surface area contributed by atoms with Crippen LogP contribution in [0.1, 0.15) is 24.3 Å². The van der Waals surface area contributed by atoms with Crippen LogP contribution in [0.5, 0.6) is 0 Å². The van der Waals surface area contributed by atoms with Gasteiger partial charge in [0.2, 0.25) is 5.69 Å². The van der Waals surface area contributed by atoms with E-state index >= 15 is 0 Å². The number of carbonyl (C=O) groups is 1. The number of esters is 1. The molecule has 25 heavy (non-hydrogen) atoms. The monoisotopic (exact) mass is 385 g/mol. The van der Waals surface area contributed by atoms with Crippen molar-refractivity contribution in [3.8, 4) is 0 Å². The Balaban J connectivity index is 2.24. The summed E-state index contributed by atoms with van der Waals surface area (Å²) < 4.78 is 4.79. The van der Waals surface area contributed by atoms with E-state index in [4.69, 9.17) is 27.9 Å². The van der Waals surface area contributed by atoms with Crippen LogP contribution >= 0.6 is 23.2 Å². The van der Waals surface area contributed by atoms with Gasteiger partial charge in [-0.15, -0.1) is 10.2 Å². The molecule has 1 aromatic heterocycles. The summed E-state index contributed by atoms with van der Waals surface area (Å²) in [6.45, 7) is 7.40. The van der Waals surface area contributed by atoms with Gasteiger partial charge in [-0.05, 0) is 31.3 Å². The smallest absolute Gasteiger partial charge is 0.362 e. The lowest BCUT2D eigenvalue weighted by Crippen LogP contribution is -2.27. The second-order valence-electron chi connectivity index (χ2n) is 5.29. The summed E-state index contributed by atoms with van der Waals surface area (Å²) in [6.07, 6.45) is 0. The molecular weight excluding hydrogens is 365 g/mol. The second-order valence-corrected chi connectivity index (χ2v) is 6.17. The first-order valence-electron chi connectivity index (χ1n) is 7.95. The number of rotatable bonds is 8. The lowest BCUT2D eigenvalue weighted by atomic mass is 10.3. The average Bonchev–Trinajstić information content (AvgIpc) is 2.97. The molecule has 0 radical (unpaired) electrons. The van der Waals surface area contributed by atoms with Crippen molar-refractivity contribution in [1.29, 1.82) is 0 Å². The van der Waals surface area contributed by atoms with Crippen molar-refractivity contribution in [2.75, 3.05) is 32.1 Å². The zero-order valence-corrected chi connectivity index (χ0v) is 15.9. The Morgan fingerprint density at radius 1 is 1.20 bits per heavy atom. The Morgan fingerprint density at radius 3 is 2.40 bits per heavy atom. The number of nitrogens with zero attached hydrogens (tertiary/aromatic N) is 4. The molecule has 7 nitrogen and oxygen atoms in total. The Kier molecular flexibility index (Phi) is 7.04. The molecular formula is C16H21Cl2N5O2. The molecule has 136 valence electrons. The first-order valence-corrected chi connectivity index (χ1v) is 8.71. The first-order chi connectivity index (χ1) is 12.0. The minimum atomic E-state index is -0.565. The zero-order valence-electron chi connectivity index (χ0n) is 14.4. The molecule has 0 bridgehead atoms. The van der Waals surface area contributed by atoms with Crippen molar-refractivity contribution in [3.63, 3.8) is 0 Å². The Morgan fingerprint density at radius 2 is 1.84 bits per heavy atom. The van der Waals surface area contributed by atoms with Crippen LogP contribution in [0.2, 0.25) is 10.0 Å². The van der Waals surface area contributed by atoms with E-state index in [9.17, 15) is 4.79 Å². The van der Waals surface area contributed by atoms with Crippen molar-refractivity contribution in [3.05, 3.63) is 33.9 Å². The fraction of sp³-hybridized carbons (Fsp3) is 0.438. The predicted octanol–water partition coefficient (Wildman–Crippen LogP) is 3.46. The fourth-order valence-corrected chi connectivity index (χ4v) is 2.83. The van der Waals surface area contributed by atoms with Crippen LogP contribution in [0.3, 0.4) is 0 Å². The molecule has 0 saturated heterocycles. The van der Waals surface area contributed by atoms with Crippen LogP contribution in [0.25, 0.3) is 0 Å². The standard InChI is InChI=1S/C16H21Cl2N5O2/c1-4-22(5-2)6-7-23-20-14(16(24)25-3)15(21-23)19-13-9-11(17)8-12(18)10-13/h8-10H,4-7H2,1-3H3,(H,19,21).